The van der Waals surface area contributed by atoms with Crippen molar-refractivity contribution < 1.29 is 19.5 Å². The average Bonchev–Trinajstić information content (AvgIpc) is 3.35. The van der Waals surface area contributed by atoms with E-state index in [1.807, 2.05) is 28.8 Å². The van der Waals surface area contributed by atoms with E-state index in [4.69, 9.17) is 19.9 Å². The highest BCUT2D eigenvalue weighted by atomic mass is 16.5. The lowest BCUT2D eigenvalue weighted by Gasteiger charge is -2.27. The summed E-state index contributed by atoms with van der Waals surface area (Å²) >= 11 is 0. The Kier molecular flexibility index (Phi) is 9.02. The summed E-state index contributed by atoms with van der Waals surface area (Å²) in [5, 5.41) is 11.5. The molecule has 198 valence electrons. The van der Waals surface area contributed by atoms with Crippen LogP contribution in [0.1, 0.15) is 58.4 Å². The molecule has 1 aromatic carbocycles. The molecule has 3 aromatic rings. The highest BCUT2D eigenvalue weighted by Crippen LogP contribution is 2.30. The van der Waals surface area contributed by atoms with Crippen LogP contribution in [-0.4, -0.2) is 62.8 Å². The maximum atomic E-state index is 12.5. The van der Waals surface area contributed by atoms with E-state index in [0.717, 1.165) is 54.8 Å². The Labute approximate surface area is 216 Å². The third-order valence-electron chi connectivity index (χ3n) is 6.36. The van der Waals surface area contributed by atoms with Crippen LogP contribution in [0.15, 0.2) is 30.6 Å². The minimum atomic E-state index is -0.383. The number of carbonyl (C=O) groups is 2. The van der Waals surface area contributed by atoms with Gasteiger partial charge in [0.2, 0.25) is 17.8 Å². The van der Waals surface area contributed by atoms with Gasteiger partial charge in [0.25, 0.3) is 0 Å². The fourth-order valence-corrected chi connectivity index (χ4v) is 4.34. The number of imidazole rings is 1. The van der Waals surface area contributed by atoms with Crippen LogP contribution in [0.4, 0.5) is 11.6 Å². The summed E-state index contributed by atoms with van der Waals surface area (Å²) in [5.74, 6) is 0.210. The lowest BCUT2D eigenvalue weighted by molar-refractivity contribution is -0.129. The van der Waals surface area contributed by atoms with E-state index in [1.165, 1.54) is 0 Å². The molecule has 4 rings (SSSR count). The van der Waals surface area contributed by atoms with Gasteiger partial charge in [0.15, 0.2) is 5.65 Å². The summed E-state index contributed by atoms with van der Waals surface area (Å²) in [6.07, 6.45) is 5.57. The third-order valence-corrected chi connectivity index (χ3v) is 6.36. The van der Waals surface area contributed by atoms with E-state index in [2.05, 4.69) is 29.0 Å². The quantitative estimate of drug-likeness (QED) is 0.202. The molecular weight excluding hydrogens is 474 g/mol. The Hall–Kier alpha value is -3.57. The number of morpholine rings is 1. The van der Waals surface area contributed by atoms with Gasteiger partial charge in [-0.25, -0.2) is 15.4 Å². The first-order chi connectivity index (χ1) is 18.0. The number of unbranched alkanes of at least 4 members (excludes halogenated alkanes) is 3. The van der Waals surface area contributed by atoms with Crippen molar-refractivity contribution in [2.24, 2.45) is 0 Å². The van der Waals surface area contributed by atoms with Gasteiger partial charge in [-0.3, -0.25) is 14.8 Å². The number of fused-ring (bicyclic) bond motifs is 1. The van der Waals surface area contributed by atoms with Gasteiger partial charge >= 0.3 is 0 Å². The van der Waals surface area contributed by atoms with Crippen LogP contribution in [-0.2, 0) is 14.3 Å². The van der Waals surface area contributed by atoms with Gasteiger partial charge in [-0.1, -0.05) is 25.0 Å². The molecular formula is C26H35N7O4. The molecule has 0 atom stereocenters. The van der Waals surface area contributed by atoms with Gasteiger partial charge in [-0.2, -0.15) is 4.98 Å². The van der Waals surface area contributed by atoms with Crippen LogP contribution >= 0.6 is 0 Å². The first-order valence-electron chi connectivity index (χ1n) is 12.9. The normalized spacial score (nSPS) is 13.8. The van der Waals surface area contributed by atoms with Gasteiger partial charge in [0, 0.05) is 43.2 Å². The van der Waals surface area contributed by atoms with Gasteiger partial charge < -0.3 is 19.5 Å². The zero-order valence-corrected chi connectivity index (χ0v) is 21.4. The Morgan fingerprint density at radius 2 is 1.78 bits per heavy atom. The number of hydroxylamine groups is 1. The molecule has 0 saturated carbocycles. The summed E-state index contributed by atoms with van der Waals surface area (Å²) in [6, 6.07) is 7.85. The molecule has 0 radical (unpaired) electrons. The molecule has 0 aliphatic carbocycles. The first kappa shape index (κ1) is 26.5. The summed E-state index contributed by atoms with van der Waals surface area (Å²) in [4.78, 5) is 40.1. The molecule has 0 unspecified atom stereocenters. The standard InChI is InChI=1S/C26H35N7O4/c1-18(2)33-17-27-24-23(29-26(30-25(24)33)32-12-14-37-15-13-32)19-8-7-9-20(16-19)28-21(34)10-5-3-4-6-11-22(35)31-36/h7-9,16-18,36H,3-6,10-15H2,1-2H3,(H,28,34)(H,31,35). The number of hydrogen-bond donors (Lipinski definition) is 3. The zero-order chi connectivity index (χ0) is 26.2. The summed E-state index contributed by atoms with van der Waals surface area (Å²) < 4.78 is 7.55. The summed E-state index contributed by atoms with van der Waals surface area (Å²) in [5.41, 5.74) is 5.43. The average molecular weight is 510 g/mol. The van der Waals surface area contributed by atoms with Gasteiger partial charge in [-0.15, -0.1) is 0 Å². The van der Waals surface area contributed by atoms with Crippen LogP contribution in [0.5, 0.6) is 0 Å². The maximum absolute atomic E-state index is 12.5. The molecule has 1 fully saturated rings. The minimum absolute atomic E-state index is 0.0591. The molecule has 1 aliphatic rings. The number of carbonyl (C=O) groups excluding carboxylic acids is 2. The second kappa shape index (κ2) is 12.6. The van der Waals surface area contributed by atoms with Gasteiger partial charge in [-0.05, 0) is 38.8 Å². The molecule has 2 aromatic heterocycles. The molecule has 2 amide bonds. The largest absolute Gasteiger partial charge is 0.378 e. The number of nitrogens with zero attached hydrogens (tertiary/aromatic N) is 5. The number of nitrogens with one attached hydrogen (secondary N) is 2. The van der Waals surface area contributed by atoms with Gasteiger partial charge in [0.05, 0.1) is 19.5 Å². The van der Waals surface area contributed by atoms with Crippen molar-refractivity contribution in [3.05, 3.63) is 30.6 Å². The molecule has 0 bridgehead atoms. The number of hydrogen-bond acceptors (Lipinski definition) is 8. The molecule has 11 nitrogen and oxygen atoms in total. The lowest BCUT2D eigenvalue weighted by atomic mass is 10.1. The van der Waals surface area contributed by atoms with Crippen molar-refractivity contribution in [2.75, 3.05) is 36.5 Å². The van der Waals surface area contributed by atoms with Crippen LogP contribution in [0.25, 0.3) is 22.4 Å². The maximum Gasteiger partial charge on any atom is 0.243 e. The third kappa shape index (κ3) is 6.80. The monoisotopic (exact) mass is 509 g/mol. The summed E-state index contributed by atoms with van der Waals surface area (Å²) in [6.45, 7) is 6.93. The molecule has 3 heterocycles. The van der Waals surface area contributed by atoms with Crippen molar-refractivity contribution in [3.8, 4) is 11.3 Å². The van der Waals surface area contributed by atoms with E-state index in [1.54, 1.807) is 11.8 Å². The second-order valence-corrected chi connectivity index (χ2v) is 9.47. The SMILES string of the molecule is CC(C)n1cnc2c(-c3cccc(NC(=O)CCCCCCC(=O)NO)c3)nc(N3CCOCC3)nc21. The predicted molar refractivity (Wildman–Crippen MR) is 140 cm³/mol. The van der Waals surface area contributed by atoms with Crippen molar-refractivity contribution >= 4 is 34.6 Å². The van der Waals surface area contributed by atoms with Crippen LogP contribution in [0, 0.1) is 0 Å². The van der Waals surface area contributed by atoms with Crippen LogP contribution in [0.2, 0.25) is 0 Å². The van der Waals surface area contributed by atoms with E-state index in [0.29, 0.717) is 37.7 Å². The molecule has 37 heavy (non-hydrogen) atoms. The molecule has 3 N–H and O–H groups in total. The van der Waals surface area contributed by atoms with E-state index in [9.17, 15) is 9.59 Å². The van der Waals surface area contributed by atoms with Crippen molar-refractivity contribution in [1.29, 1.82) is 0 Å². The molecule has 11 heteroatoms. The van der Waals surface area contributed by atoms with Crippen LogP contribution < -0.4 is 15.7 Å². The Balaban J connectivity index is 1.48. The Morgan fingerprint density at radius 3 is 2.49 bits per heavy atom. The van der Waals surface area contributed by atoms with E-state index in [-0.39, 0.29) is 24.3 Å². The second-order valence-electron chi connectivity index (χ2n) is 9.47. The predicted octanol–water partition coefficient (Wildman–Crippen LogP) is 3.70. The smallest absolute Gasteiger partial charge is 0.243 e. The molecule has 1 aliphatic heterocycles. The highest BCUT2D eigenvalue weighted by Gasteiger charge is 2.21. The number of anilines is 2. The van der Waals surface area contributed by atoms with Crippen molar-refractivity contribution in [1.82, 2.24) is 25.0 Å². The van der Waals surface area contributed by atoms with Gasteiger partial charge in [0.1, 0.15) is 11.2 Å². The summed E-state index contributed by atoms with van der Waals surface area (Å²) in [7, 11) is 0. The van der Waals surface area contributed by atoms with Crippen molar-refractivity contribution in [2.45, 2.75) is 58.4 Å². The Bertz CT molecular complexity index is 1220. The number of ether oxygens (including phenoxy) is 1. The minimum Gasteiger partial charge on any atom is -0.378 e. The fraction of sp³-hybridized carbons (Fsp3) is 0.500. The molecule has 1 saturated heterocycles. The zero-order valence-electron chi connectivity index (χ0n) is 21.4. The molecule has 0 spiro atoms. The number of rotatable bonds is 11. The van der Waals surface area contributed by atoms with E-state index < -0.39 is 0 Å². The van der Waals surface area contributed by atoms with E-state index >= 15 is 0 Å². The first-order valence-corrected chi connectivity index (χ1v) is 12.9. The lowest BCUT2D eigenvalue weighted by Crippen LogP contribution is -2.37. The van der Waals surface area contributed by atoms with Crippen molar-refractivity contribution in [3.63, 3.8) is 0 Å². The number of amides is 2. The Morgan fingerprint density at radius 1 is 1.05 bits per heavy atom. The fourth-order valence-electron chi connectivity index (χ4n) is 4.34. The topological polar surface area (TPSA) is 134 Å². The van der Waals surface area contributed by atoms with Crippen LogP contribution in [0.3, 0.4) is 0 Å². The number of aromatic nitrogens is 4. The number of benzene rings is 1. The highest BCUT2D eigenvalue weighted by molar-refractivity contribution is 5.93.